The van der Waals surface area contributed by atoms with E-state index in [0.29, 0.717) is 17.6 Å². The minimum Gasteiger partial charge on any atom is -0.493 e. The summed E-state index contributed by atoms with van der Waals surface area (Å²) in [6, 6.07) is 6.31. The SMILES string of the molecule is CCNC1C=C(OC)C(OC)=CC1[C@@H]1CCc2cc(OC(=O)C(C)(C)C)ccc2C1. The number of hydrogen-bond acceptors (Lipinski definition) is 5. The summed E-state index contributed by atoms with van der Waals surface area (Å²) in [4.78, 5) is 12.2. The van der Waals surface area contributed by atoms with Gasteiger partial charge in [0.05, 0.1) is 19.6 Å². The van der Waals surface area contributed by atoms with Crippen LogP contribution in [0.5, 0.6) is 5.75 Å². The molecule has 2 unspecified atom stereocenters. The molecule has 2 aliphatic carbocycles. The van der Waals surface area contributed by atoms with Crippen molar-refractivity contribution in [2.24, 2.45) is 17.3 Å². The summed E-state index contributed by atoms with van der Waals surface area (Å²) in [6.45, 7) is 8.64. The van der Waals surface area contributed by atoms with Gasteiger partial charge in [-0.2, -0.15) is 0 Å². The van der Waals surface area contributed by atoms with E-state index in [-0.39, 0.29) is 12.0 Å². The molecular formula is C25H35NO4. The third-order valence-corrected chi connectivity index (χ3v) is 6.02. The van der Waals surface area contributed by atoms with E-state index in [1.54, 1.807) is 14.2 Å². The van der Waals surface area contributed by atoms with Gasteiger partial charge in [0.15, 0.2) is 11.5 Å². The molecule has 0 aliphatic heterocycles. The summed E-state index contributed by atoms with van der Waals surface area (Å²) in [5.74, 6) is 2.89. The number of ether oxygens (including phenoxy) is 3. The first-order chi connectivity index (χ1) is 14.3. The zero-order valence-electron chi connectivity index (χ0n) is 19.1. The minimum absolute atomic E-state index is 0.204. The molecule has 0 saturated carbocycles. The number of benzene rings is 1. The normalized spacial score (nSPS) is 23.7. The maximum atomic E-state index is 12.2. The van der Waals surface area contributed by atoms with Gasteiger partial charge in [0.25, 0.3) is 0 Å². The topological polar surface area (TPSA) is 56.8 Å². The number of hydrogen-bond donors (Lipinski definition) is 1. The van der Waals surface area contributed by atoms with Crippen LogP contribution in [-0.2, 0) is 27.1 Å². The van der Waals surface area contributed by atoms with Crippen LogP contribution < -0.4 is 10.1 Å². The van der Waals surface area contributed by atoms with Gasteiger partial charge in [-0.1, -0.05) is 13.0 Å². The number of fused-ring (bicyclic) bond motifs is 1. The van der Waals surface area contributed by atoms with Crippen LogP contribution in [0.1, 0.15) is 45.2 Å². The maximum absolute atomic E-state index is 12.2. The van der Waals surface area contributed by atoms with E-state index >= 15 is 0 Å². The predicted octanol–water partition coefficient (Wildman–Crippen LogP) is 4.41. The molecule has 3 atom stereocenters. The molecule has 0 aromatic heterocycles. The van der Waals surface area contributed by atoms with Gasteiger partial charge < -0.3 is 19.5 Å². The highest BCUT2D eigenvalue weighted by Crippen LogP contribution is 2.38. The van der Waals surface area contributed by atoms with Crippen molar-refractivity contribution in [1.29, 1.82) is 0 Å². The summed E-state index contributed by atoms with van der Waals surface area (Å²) in [6.07, 6.45) is 7.44. The lowest BCUT2D eigenvalue weighted by Gasteiger charge is -2.37. The van der Waals surface area contributed by atoms with E-state index in [0.717, 1.165) is 37.3 Å². The van der Waals surface area contributed by atoms with E-state index in [2.05, 4.69) is 30.5 Å². The van der Waals surface area contributed by atoms with Crippen LogP contribution in [0.15, 0.2) is 41.9 Å². The average Bonchev–Trinajstić information content (AvgIpc) is 2.72. The van der Waals surface area contributed by atoms with Crippen molar-refractivity contribution >= 4 is 5.97 Å². The lowest BCUT2D eigenvalue weighted by molar-refractivity contribution is -0.143. The fraction of sp³-hybridized carbons (Fsp3) is 0.560. The Morgan fingerprint density at radius 1 is 1.10 bits per heavy atom. The lowest BCUT2D eigenvalue weighted by atomic mass is 9.73. The summed E-state index contributed by atoms with van der Waals surface area (Å²) in [5.41, 5.74) is 2.11. The molecule has 3 rings (SSSR count). The number of rotatable bonds is 6. The average molecular weight is 414 g/mol. The molecule has 5 nitrogen and oxygen atoms in total. The largest absolute Gasteiger partial charge is 0.493 e. The van der Waals surface area contributed by atoms with Crippen LogP contribution in [0.2, 0.25) is 0 Å². The van der Waals surface area contributed by atoms with Crippen molar-refractivity contribution in [3.63, 3.8) is 0 Å². The molecule has 0 fully saturated rings. The Kier molecular flexibility index (Phi) is 6.91. The van der Waals surface area contributed by atoms with E-state index in [4.69, 9.17) is 14.2 Å². The van der Waals surface area contributed by atoms with Gasteiger partial charge >= 0.3 is 5.97 Å². The number of nitrogens with one attached hydrogen (secondary N) is 1. The molecular weight excluding hydrogens is 378 g/mol. The Labute approximate surface area is 180 Å². The summed E-state index contributed by atoms with van der Waals surface area (Å²) >= 11 is 0. The smallest absolute Gasteiger partial charge is 0.316 e. The number of carbonyl (C=O) groups excluding carboxylic acids is 1. The lowest BCUT2D eigenvalue weighted by Crippen LogP contribution is -2.41. The fourth-order valence-corrected chi connectivity index (χ4v) is 4.33. The zero-order valence-corrected chi connectivity index (χ0v) is 19.1. The quantitative estimate of drug-likeness (QED) is 0.553. The molecule has 0 radical (unpaired) electrons. The number of aryl methyl sites for hydroxylation is 1. The molecule has 30 heavy (non-hydrogen) atoms. The Morgan fingerprint density at radius 3 is 2.43 bits per heavy atom. The third-order valence-electron chi connectivity index (χ3n) is 6.02. The first kappa shape index (κ1) is 22.4. The van der Waals surface area contributed by atoms with Crippen molar-refractivity contribution < 1.29 is 19.0 Å². The molecule has 0 amide bonds. The zero-order chi connectivity index (χ0) is 21.9. The Balaban J connectivity index is 1.78. The first-order valence-electron chi connectivity index (χ1n) is 10.9. The van der Waals surface area contributed by atoms with Crippen LogP contribution in [0, 0.1) is 17.3 Å². The van der Waals surface area contributed by atoms with Gasteiger partial charge in [0, 0.05) is 12.0 Å². The Bertz CT molecular complexity index is 834. The van der Waals surface area contributed by atoms with E-state index < -0.39 is 5.41 Å². The summed E-state index contributed by atoms with van der Waals surface area (Å²) in [7, 11) is 3.38. The van der Waals surface area contributed by atoms with Crippen LogP contribution in [0.4, 0.5) is 0 Å². The van der Waals surface area contributed by atoms with Gasteiger partial charge in [-0.3, -0.25) is 4.79 Å². The minimum atomic E-state index is -0.511. The van der Waals surface area contributed by atoms with Gasteiger partial charge in [0.1, 0.15) is 5.75 Å². The van der Waals surface area contributed by atoms with Crippen molar-refractivity contribution in [2.75, 3.05) is 20.8 Å². The number of carbonyl (C=O) groups is 1. The summed E-state index contributed by atoms with van der Waals surface area (Å²) < 4.78 is 16.7. The number of esters is 1. The highest BCUT2D eigenvalue weighted by molar-refractivity contribution is 5.77. The molecule has 0 saturated heterocycles. The molecule has 164 valence electrons. The molecule has 1 N–H and O–H groups in total. The van der Waals surface area contributed by atoms with Gasteiger partial charge in [0.2, 0.25) is 0 Å². The maximum Gasteiger partial charge on any atom is 0.316 e. The second-order valence-corrected chi connectivity index (χ2v) is 9.20. The molecule has 0 spiro atoms. The van der Waals surface area contributed by atoms with Crippen LogP contribution >= 0.6 is 0 Å². The third kappa shape index (κ3) is 4.89. The molecule has 5 heteroatoms. The standard InChI is InChI=1S/C25H35NO4/c1-7-26-21-15-23(29-6)22(28-5)14-20(21)18-9-8-17-13-19(11-10-16(17)12-18)30-24(27)25(2,3)4/h10-11,13-15,18,20-21,26H,7-9,12H2,1-6H3/t18-,20?,21?/m1/s1. The van der Waals surface area contributed by atoms with Gasteiger partial charge in [-0.05, 0) is 87.9 Å². The highest BCUT2D eigenvalue weighted by Gasteiger charge is 2.34. The molecule has 0 bridgehead atoms. The molecule has 2 aliphatic rings. The van der Waals surface area contributed by atoms with Crippen molar-refractivity contribution in [1.82, 2.24) is 5.32 Å². The van der Waals surface area contributed by atoms with Gasteiger partial charge in [-0.15, -0.1) is 0 Å². The van der Waals surface area contributed by atoms with E-state index in [1.807, 2.05) is 32.9 Å². The molecule has 1 aromatic rings. The van der Waals surface area contributed by atoms with Crippen LogP contribution in [0.3, 0.4) is 0 Å². The Morgan fingerprint density at radius 2 is 1.80 bits per heavy atom. The number of likely N-dealkylation sites (N-methyl/N-ethyl adjacent to an activating group) is 1. The highest BCUT2D eigenvalue weighted by atomic mass is 16.5. The van der Waals surface area contributed by atoms with Crippen molar-refractivity contribution in [3.8, 4) is 5.75 Å². The van der Waals surface area contributed by atoms with Crippen LogP contribution in [0.25, 0.3) is 0 Å². The first-order valence-corrected chi connectivity index (χ1v) is 10.9. The molecule has 0 heterocycles. The van der Waals surface area contributed by atoms with Gasteiger partial charge in [-0.25, -0.2) is 0 Å². The predicted molar refractivity (Wildman–Crippen MR) is 118 cm³/mol. The van der Waals surface area contributed by atoms with E-state index in [1.165, 1.54) is 11.1 Å². The fourth-order valence-electron chi connectivity index (χ4n) is 4.33. The second-order valence-electron chi connectivity index (χ2n) is 9.20. The van der Waals surface area contributed by atoms with E-state index in [9.17, 15) is 4.79 Å². The Hall–Kier alpha value is -2.27. The monoisotopic (exact) mass is 413 g/mol. The van der Waals surface area contributed by atoms with Crippen LogP contribution in [-0.4, -0.2) is 32.8 Å². The van der Waals surface area contributed by atoms with Crippen molar-refractivity contribution in [3.05, 3.63) is 53.0 Å². The molecule has 1 aromatic carbocycles. The number of methoxy groups -OCH3 is 2. The second kappa shape index (κ2) is 9.25. The van der Waals surface area contributed by atoms with Crippen molar-refractivity contribution in [2.45, 2.75) is 53.0 Å². The summed E-state index contributed by atoms with van der Waals surface area (Å²) in [5, 5.41) is 3.60.